The normalized spacial score (nSPS) is 12.7. The van der Waals surface area contributed by atoms with Crippen molar-refractivity contribution in [1.29, 1.82) is 0 Å². The monoisotopic (exact) mass is 181 g/mol. The van der Waals surface area contributed by atoms with Crippen LogP contribution in [0.15, 0.2) is 29.2 Å². The standard InChI is InChI=1S/C10H13OS/c1-8(2)12(11)10-6-4-9(3)5-7-10/h4-7H,1-3H3/q-1. The highest BCUT2D eigenvalue weighted by atomic mass is 32.2. The van der Waals surface area contributed by atoms with E-state index in [1.54, 1.807) is 0 Å². The van der Waals surface area contributed by atoms with Crippen molar-refractivity contribution in [2.75, 3.05) is 0 Å². The summed E-state index contributed by atoms with van der Waals surface area (Å²) in [6, 6.07) is 7.79. The van der Waals surface area contributed by atoms with Gasteiger partial charge in [-0.2, -0.15) is 0 Å². The summed E-state index contributed by atoms with van der Waals surface area (Å²) < 4.78 is 11.5. The first-order chi connectivity index (χ1) is 5.61. The van der Waals surface area contributed by atoms with Crippen LogP contribution in [-0.2, 0) is 0 Å². The zero-order chi connectivity index (χ0) is 9.14. The van der Waals surface area contributed by atoms with Gasteiger partial charge in [-0.1, -0.05) is 22.6 Å². The topological polar surface area (TPSA) is 23.1 Å². The second kappa shape index (κ2) is 3.87. The van der Waals surface area contributed by atoms with Crippen molar-refractivity contribution in [2.45, 2.75) is 25.7 Å². The summed E-state index contributed by atoms with van der Waals surface area (Å²) in [5.74, 6) is 0. The molecule has 1 nitrogen and oxygen atoms in total. The molecule has 1 rings (SSSR count). The second-order valence-electron chi connectivity index (χ2n) is 2.99. The number of hydrogen-bond acceptors (Lipinski definition) is 1. The molecule has 0 aromatic heterocycles. The lowest BCUT2D eigenvalue weighted by molar-refractivity contribution is 0.615. The first kappa shape index (κ1) is 9.49. The van der Waals surface area contributed by atoms with Gasteiger partial charge >= 0.3 is 0 Å². The van der Waals surface area contributed by atoms with Crippen molar-refractivity contribution in [1.82, 2.24) is 0 Å². The molecule has 0 amide bonds. The van der Waals surface area contributed by atoms with Crippen LogP contribution in [0, 0.1) is 6.92 Å². The summed E-state index contributed by atoms with van der Waals surface area (Å²) in [6.07, 6.45) is 0. The van der Waals surface area contributed by atoms with E-state index in [9.17, 15) is 4.55 Å². The Labute approximate surface area is 76.2 Å². The van der Waals surface area contributed by atoms with Gasteiger partial charge in [0.15, 0.2) is 0 Å². The highest BCUT2D eigenvalue weighted by Gasteiger charge is 1.89. The summed E-state index contributed by atoms with van der Waals surface area (Å²) in [4.78, 5) is 1.83. The van der Waals surface area contributed by atoms with Crippen LogP contribution in [0.25, 0.3) is 0 Å². The molecule has 2 heteroatoms. The summed E-state index contributed by atoms with van der Waals surface area (Å²) in [6.45, 7) is 5.79. The van der Waals surface area contributed by atoms with E-state index < -0.39 is 10.8 Å². The maximum absolute atomic E-state index is 11.5. The molecule has 0 radical (unpaired) electrons. The van der Waals surface area contributed by atoms with Gasteiger partial charge in [0.2, 0.25) is 0 Å². The molecule has 0 saturated heterocycles. The van der Waals surface area contributed by atoms with Gasteiger partial charge in [-0.05, 0) is 37.8 Å². The molecular weight excluding hydrogens is 168 g/mol. The Morgan fingerprint density at radius 2 is 1.67 bits per heavy atom. The zero-order valence-electron chi connectivity index (χ0n) is 7.63. The van der Waals surface area contributed by atoms with Crippen LogP contribution in [0.2, 0.25) is 0 Å². The van der Waals surface area contributed by atoms with Crippen LogP contribution in [0.4, 0.5) is 0 Å². The van der Waals surface area contributed by atoms with Crippen LogP contribution in [0.5, 0.6) is 0 Å². The molecule has 1 aromatic rings. The third-order valence-corrected chi connectivity index (χ3v) is 3.05. The van der Waals surface area contributed by atoms with E-state index in [1.165, 1.54) is 5.56 Å². The van der Waals surface area contributed by atoms with E-state index in [4.69, 9.17) is 0 Å². The van der Waals surface area contributed by atoms with Crippen molar-refractivity contribution >= 4 is 15.6 Å². The fourth-order valence-electron chi connectivity index (χ4n) is 0.898. The maximum Gasteiger partial charge on any atom is -0.0119 e. The Morgan fingerprint density at radius 3 is 2.08 bits per heavy atom. The van der Waals surface area contributed by atoms with Gasteiger partial charge in [0.25, 0.3) is 0 Å². The van der Waals surface area contributed by atoms with Crippen LogP contribution in [0.1, 0.15) is 19.4 Å². The van der Waals surface area contributed by atoms with Crippen molar-refractivity contribution in [3.05, 3.63) is 29.8 Å². The van der Waals surface area contributed by atoms with E-state index >= 15 is 0 Å². The lowest BCUT2D eigenvalue weighted by Gasteiger charge is -2.16. The second-order valence-corrected chi connectivity index (χ2v) is 4.82. The molecule has 0 aliphatic carbocycles. The lowest BCUT2D eigenvalue weighted by atomic mass is 10.2. The van der Waals surface area contributed by atoms with Gasteiger partial charge in [0.05, 0.1) is 0 Å². The van der Waals surface area contributed by atoms with Crippen LogP contribution in [0.3, 0.4) is 0 Å². The van der Waals surface area contributed by atoms with Gasteiger partial charge in [0.1, 0.15) is 0 Å². The molecule has 66 valence electrons. The molecule has 0 fully saturated rings. The van der Waals surface area contributed by atoms with Crippen molar-refractivity contribution < 1.29 is 4.55 Å². The quantitative estimate of drug-likeness (QED) is 0.611. The summed E-state index contributed by atoms with van der Waals surface area (Å²) in [5, 5.41) is 0. The van der Waals surface area contributed by atoms with E-state index in [2.05, 4.69) is 0 Å². The first-order valence-corrected chi connectivity index (χ1v) is 5.05. The number of hydrogen-bond donors (Lipinski definition) is 0. The van der Waals surface area contributed by atoms with Gasteiger partial charge in [0, 0.05) is 0 Å². The molecule has 0 bridgehead atoms. The molecule has 12 heavy (non-hydrogen) atoms. The molecule has 0 N–H and O–H groups in total. The summed E-state index contributed by atoms with van der Waals surface area (Å²) in [5.41, 5.74) is 1.20. The smallest absolute Gasteiger partial charge is 0.0119 e. The number of rotatable bonds is 1. The molecule has 0 heterocycles. The fraction of sp³-hybridized carbons (Fsp3) is 0.300. The predicted octanol–water partition coefficient (Wildman–Crippen LogP) is 2.97. The van der Waals surface area contributed by atoms with E-state index in [-0.39, 0.29) is 0 Å². The molecule has 1 atom stereocenters. The van der Waals surface area contributed by atoms with E-state index in [1.807, 2.05) is 45.0 Å². The average molecular weight is 181 g/mol. The number of benzene rings is 1. The average Bonchev–Trinajstić information content (AvgIpc) is 2.04. The fourth-order valence-corrected chi connectivity index (χ4v) is 1.75. The van der Waals surface area contributed by atoms with E-state index in [0.717, 1.165) is 9.76 Å². The predicted molar refractivity (Wildman–Crippen MR) is 54.2 cm³/mol. The van der Waals surface area contributed by atoms with E-state index in [0.29, 0.717) is 0 Å². The van der Waals surface area contributed by atoms with Crippen molar-refractivity contribution in [3.63, 3.8) is 0 Å². The Bertz CT molecular complexity index is 294. The molecule has 0 spiro atoms. The zero-order valence-corrected chi connectivity index (χ0v) is 8.44. The largest absolute Gasteiger partial charge is 0.799 e. The highest BCUT2D eigenvalue weighted by Crippen LogP contribution is 2.23. The Kier molecular flexibility index (Phi) is 3.06. The van der Waals surface area contributed by atoms with Gasteiger partial charge < -0.3 is 4.55 Å². The minimum atomic E-state index is -0.927. The SMILES string of the molecule is CC(C)=S([O-])c1ccc(C)cc1. The van der Waals surface area contributed by atoms with Gasteiger partial charge in [-0.15, -0.1) is 0 Å². The Balaban J connectivity index is 3.06. The van der Waals surface area contributed by atoms with Crippen molar-refractivity contribution in [2.24, 2.45) is 0 Å². The summed E-state index contributed by atoms with van der Waals surface area (Å²) >= 11 is 0. The molecule has 1 aromatic carbocycles. The first-order valence-electron chi connectivity index (χ1n) is 3.90. The molecule has 0 saturated carbocycles. The minimum Gasteiger partial charge on any atom is -0.799 e. The third-order valence-electron chi connectivity index (χ3n) is 1.61. The van der Waals surface area contributed by atoms with Crippen LogP contribution < -0.4 is 0 Å². The Hall–Kier alpha value is -0.600. The highest BCUT2D eigenvalue weighted by molar-refractivity contribution is 8.11. The molecule has 1 unspecified atom stereocenters. The summed E-state index contributed by atoms with van der Waals surface area (Å²) in [7, 11) is -0.927. The Morgan fingerprint density at radius 1 is 1.17 bits per heavy atom. The molecule has 0 aliphatic heterocycles. The van der Waals surface area contributed by atoms with Gasteiger partial charge in [-0.25, -0.2) is 10.8 Å². The minimum absolute atomic E-state index is 0.889. The van der Waals surface area contributed by atoms with Crippen molar-refractivity contribution in [3.8, 4) is 0 Å². The third kappa shape index (κ3) is 2.19. The maximum atomic E-state index is 11.5. The molecular formula is C10H13OS-. The lowest BCUT2D eigenvalue weighted by Crippen LogP contribution is -1.84. The van der Waals surface area contributed by atoms with Crippen LogP contribution in [-0.4, -0.2) is 9.42 Å². The molecule has 0 aliphatic rings. The van der Waals surface area contributed by atoms with Gasteiger partial charge in [-0.3, -0.25) is 0 Å². The number of aryl methyl sites for hydroxylation is 1. The van der Waals surface area contributed by atoms with Crippen LogP contribution >= 0.6 is 10.8 Å².